The molecule has 1 aliphatic heterocycles. The van der Waals surface area contributed by atoms with Crippen molar-refractivity contribution in [1.29, 1.82) is 0 Å². The van der Waals surface area contributed by atoms with Crippen LogP contribution in [0.1, 0.15) is 59.3 Å². The van der Waals surface area contributed by atoms with Gasteiger partial charge in [0.05, 0.1) is 12.7 Å². The predicted octanol–water partition coefficient (Wildman–Crippen LogP) is 3.29. The van der Waals surface area contributed by atoms with Gasteiger partial charge in [0.15, 0.2) is 0 Å². The Kier molecular flexibility index (Phi) is 6.97. The summed E-state index contributed by atoms with van der Waals surface area (Å²) >= 11 is 0. The molecule has 21 heavy (non-hydrogen) atoms. The second kappa shape index (κ2) is 8.50. The third kappa shape index (κ3) is 5.22. The number of nitrogens with one attached hydrogen (secondary N) is 1. The van der Waals surface area contributed by atoms with E-state index in [0.29, 0.717) is 11.5 Å². The van der Waals surface area contributed by atoms with Crippen molar-refractivity contribution in [2.45, 2.75) is 65.4 Å². The Balaban J connectivity index is 1.94. The molecular weight excluding hydrogens is 260 g/mol. The van der Waals surface area contributed by atoms with Gasteiger partial charge in [-0.1, -0.05) is 33.6 Å². The monoisotopic (exact) mass is 296 g/mol. The maximum Gasteiger partial charge on any atom is 0.0700 e. The van der Waals surface area contributed by atoms with Crippen molar-refractivity contribution in [3.63, 3.8) is 0 Å². The smallest absolute Gasteiger partial charge is 0.0700 e. The van der Waals surface area contributed by atoms with Crippen LogP contribution in [0.3, 0.4) is 0 Å². The van der Waals surface area contributed by atoms with Crippen LogP contribution in [0.5, 0.6) is 0 Å². The Labute approximate surface area is 131 Å². The Bertz CT molecular complexity index is 297. The van der Waals surface area contributed by atoms with Gasteiger partial charge in [0, 0.05) is 26.2 Å². The van der Waals surface area contributed by atoms with Gasteiger partial charge in [0.1, 0.15) is 0 Å². The molecule has 0 aromatic heterocycles. The molecule has 1 saturated carbocycles. The molecule has 0 aromatic rings. The van der Waals surface area contributed by atoms with E-state index in [0.717, 1.165) is 38.6 Å². The van der Waals surface area contributed by atoms with Crippen molar-refractivity contribution in [3.8, 4) is 0 Å². The van der Waals surface area contributed by atoms with Crippen molar-refractivity contribution in [1.82, 2.24) is 10.2 Å². The molecule has 2 rings (SSSR count). The number of ether oxygens (including phenoxy) is 1. The minimum atomic E-state index is 0.459. The van der Waals surface area contributed by atoms with Gasteiger partial charge in [0.25, 0.3) is 0 Å². The minimum absolute atomic E-state index is 0.459. The lowest BCUT2D eigenvalue weighted by atomic mass is 9.69. The van der Waals surface area contributed by atoms with Gasteiger partial charge in [-0.25, -0.2) is 0 Å². The first kappa shape index (κ1) is 17.2. The van der Waals surface area contributed by atoms with E-state index in [9.17, 15) is 0 Å². The summed E-state index contributed by atoms with van der Waals surface area (Å²) in [6.07, 6.45) is 8.49. The van der Waals surface area contributed by atoms with Crippen molar-refractivity contribution < 1.29 is 4.74 Å². The molecule has 124 valence electrons. The zero-order chi connectivity index (χ0) is 15.1. The van der Waals surface area contributed by atoms with Gasteiger partial charge in [-0.2, -0.15) is 0 Å². The van der Waals surface area contributed by atoms with Gasteiger partial charge in [-0.05, 0) is 43.6 Å². The summed E-state index contributed by atoms with van der Waals surface area (Å²) in [6.45, 7) is 13.8. The second-order valence-corrected chi connectivity index (χ2v) is 7.51. The van der Waals surface area contributed by atoms with Crippen molar-refractivity contribution >= 4 is 0 Å². The molecule has 3 heteroatoms. The summed E-state index contributed by atoms with van der Waals surface area (Å²) in [4.78, 5) is 2.68. The van der Waals surface area contributed by atoms with E-state index in [1.54, 1.807) is 0 Å². The van der Waals surface area contributed by atoms with E-state index in [1.807, 2.05) is 0 Å². The molecule has 1 N–H and O–H groups in total. The van der Waals surface area contributed by atoms with Gasteiger partial charge in [-0.3, -0.25) is 4.90 Å². The lowest BCUT2D eigenvalue weighted by molar-refractivity contribution is -0.0486. The average molecular weight is 296 g/mol. The van der Waals surface area contributed by atoms with Crippen LogP contribution in [0.25, 0.3) is 0 Å². The predicted molar refractivity (Wildman–Crippen MR) is 89.7 cm³/mol. The minimum Gasteiger partial charge on any atom is -0.376 e. The summed E-state index contributed by atoms with van der Waals surface area (Å²) in [5, 5.41) is 3.72. The van der Waals surface area contributed by atoms with E-state index in [-0.39, 0.29) is 0 Å². The van der Waals surface area contributed by atoms with Crippen LogP contribution in [0.4, 0.5) is 0 Å². The molecule has 1 aliphatic carbocycles. The van der Waals surface area contributed by atoms with Crippen molar-refractivity contribution in [3.05, 3.63) is 0 Å². The van der Waals surface area contributed by atoms with E-state index >= 15 is 0 Å². The average Bonchev–Trinajstić information content (AvgIpc) is 2.47. The lowest BCUT2D eigenvalue weighted by Crippen LogP contribution is -2.51. The topological polar surface area (TPSA) is 24.5 Å². The van der Waals surface area contributed by atoms with Crippen LogP contribution in [0, 0.1) is 11.3 Å². The fourth-order valence-corrected chi connectivity index (χ4v) is 4.30. The summed E-state index contributed by atoms with van der Waals surface area (Å²) in [6, 6.07) is 0. The van der Waals surface area contributed by atoms with Crippen LogP contribution >= 0.6 is 0 Å². The molecule has 2 fully saturated rings. The number of hydrogen-bond acceptors (Lipinski definition) is 3. The Hall–Kier alpha value is -0.120. The summed E-state index contributed by atoms with van der Waals surface area (Å²) in [7, 11) is 0. The van der Waals surface area contributed by atoms with Crippen LogP contribution in [-0.2, 0) is 4.74 Å². The highest BCUT2D eigenvalue weighted by Gasteiger charge is 2.37. The van der Waals surface area contributed by atoms with Gasteiger partial charge in [-0.15, -0.1) is 0 Å². The number of hydrogen-bond donors (Lipinski definition) is 1. The standard InChI is InChI=1S/C18H36N2O/c1-4-9-19-14-18(8-6-7-16(3)12-18)15-20-10-11-21-17(5-2)13-20/h16-17,19H,4-15H2,1-3H3. The second-order valence-electron chi connectivity index (χ2n) is 7.51. The number of rotatable bonds is 7. The molecule has 3 unspecified atom stereocenters. The maximum atomic E-state index is 5.84. The third-order valence-electron chi connectivity index (χ3n) is 5.35. The molecule has 1 heterocycles. The molecule has 0 aromatic carbocycles. The van der Waals surface area contributed by atoms with Gasteiger partial charge in [0.2, 0.25) is 0 Å². The van der Waals surface area contributed by atoms with E-state index < -0.39 is 0 Å². The molecule has 3 atom stereocenters. The lowest BCUT2D eigenvalue weighted by Gasteiger charge is -2.45. The van der Waals surface area contributed by atoms with Crippen LogP contribution in [0.2, 0.25) is 0 Å². The molecule has 1 saturated heterocycles. The highest BCUT2D eigenvalue weighted by Crippen LogP contribution is 2.40. The first-order chi connectivity index (χ1) is 10.2. The molecule has 0 bridgehead atoms. The van der Waals surface area contributed by atoms with Crippen LogP contribution in [0.15, 0.2) is 0 Å². The fourth-order valence-electron chi connectivity index (χ4n) is 4.30. The first-order valence-corrected chi connectivity index (χ1v) is 9.22. The zero-order valence-corrected chi connectivity index (χ0v) is 14.5. The highest BCUT2D eigenvalue weighted by molar-refractivity contribution is 4.91. The molecule has 0 radical (unpaired) electrons. The van der Waals surface area contributed by atoms with Crippen molar-refractivity contribution in [2.75, 3.05) is 39.3 Å². The molecule has 3 nitrogen and oxygen atoms in total. The normalized spacial score (nSPS) is 35.0. The maximum absolute atomic E-state index is 5.84. The molecular formula is C18H36N2O. The van der Waals surface area contributed by atoms with Gasteiger partial charge < -0.3 is 10.1 Å². The Morgan fingerprint density at radius 3 is 2.90 bits per heavy atom. The molecule has 0 amide bonds. The van der Waals surface area contributed by atoms with Crippen molar-refractivity contribution in [2.24, 2.45) is 11.3 Å². The van der Waals surface area contributed by atoms with Crippen LogP contribution < -0.4 is 5.32 Å². The fraction of sp³-hybridized carbons (Fsp3) is 1.00. The summed E-state index contributed by atoms with van der Waals surface area (Å²) in [5.74, 6) is 0.894. The van der Waals surface area contributed by atoms with E-state index in [4.69, 9.17) is 4.74 Å². The third-order valence-corrected chi connectivity index (χ3v) is 5.35. The van der Waals surface area contributed by atoms with Crippen LogP contribution in [-0.4, -0.2) is 50.3 Å². The number of morpholine rings is 1. The summed E-state index contributed by atoms with van der Waals surface area (Å²) < 4.78 is 5.84. The quantitative estimate of drug-likeness (QED) is 0.730. The van der Waals surface area contributed by atoms with E-state index in [1.165, 1.54) is 45.2 Å². The summed E-state index contributed by atoms with van der Waals surface area (Å²) in [5.41, 5.74) is 0.502. The first-order valence-electron chi connectivity index (χ1n) is 9.22. The molecule has 0 spiro atoms. The highest BCUT2D eigenvalue weighted by atomic mass is 16.5. The number of nitrogens with zero attached hydrogens (tertiary/aromatic N) is 1. The Morgan fingerprint density at radius 1 is 1.33 bits per heavy atom. The SMILES string of the molecule is CCCNCC1(CN2CCOC(CC)C2)CCCC(C)C1. The van der Waals surface area contributed by atoms with Gasteiger partial charge >= 0.3 is 0 Å². The molecule has 2 aliphatic rings. The van der Waals surface area contributed by atoms with E-state index in [2.05, 4.69) is 31.0 Å². The zero-order valence-electron chi connectivity index (χ0n) is 14.5. The largest absolute Gasteiger partial charge is 0.376 e. The Morgan fingerprint density at radius 2 is 2.19 bits per heavy atom.